The molecule has 0 aliphatic carbocycles. The van der Waals surface area contributed by atoms with Gasteiger partial charge in [-0.2, -0.15) is 0 Å². The van der Waals surface area contributed by atoms with Gasteiger partial charge >= 0.3 is 6.16 Å². The zero-order valence-corrected chi connectivity index (χ0v) is 13.5. The van der Waals surface area contributed by atoms with E-state index in [4.69, 9.17) is 10.5 Å². The number of hydrogen-bond acceptors (Lipinski definition) is 6. The maximum atomic E-state index is 11.5. The van der Waals surface area contributed by atoms with Crippen molar-refractivity contribution in [2.75, 3.05) is 11.0 Å². The minimum Gasteiger partial charge on any atom is -0.393 e. The highest BCUT2D eigenvalue weighted by molar-refractivity contribution is 7.92. The molecule has 0 heterocycles. The van der Waals surface area contributed by atoms with E-state index in [9.17, 15) is 13.2 Å². The van der Waals surface area contributed by atoms with Crippen molar-refractivity contribution in [1.82, 2.24) is 0 Å². The number of benzene rings is 2. The summed E-state index contributed by atoms with van der Waals surface area (Å²) >= 11 is 0. The Morgan fingerprint density at radius 1 is 1.12 bits per heavy atom. The van der Waals surface area contributed by atoms with Crippen LogP contribution in [0.25, 0.3) is 0 Å². The van der Waals surface area contributed by atoms with Gasteiger partial charge in [0.1, 0.15) is 5.75 Å². The summed E-state index contributed by atoms with van der Waals surface area (Å²) < 4.78 is 29.6. The van der Waals surface area contributed by atoms with Crippen LogP contribution in [0.5, 0.6) is 5.75 Å². The molecule has 0 saturated carbocycles. The Bertz CT molecular complexity index is 850. The third-order valence-corrected chi connectivity index (χ3v) is 3.23. The first-order chi connectivity index (χ1) is 11.3. The van der Waals surface area contributed by atoms with Crippen molar-refractivity contribution in [3.8, 4) is 5.75 Å². The molecular formula is C15H15N3O5S. The number of para-hydroxylation sites is 1. The second-order valence-electron chi connectivity index (χ2n) is 4.69. The standard InChI is InChI=1S/C15H15N3O5S/c1-24(20,21)18-12-7-5-6-11(10-12)14(16)17-23-15(19)22-13-8-3-2-4-9-13/h2-10,18H,1H3,(H2,16,17). The largest absolute Gasteiger partial charge is 0.540 e. The van der Waals surface area contributed by atoms with Crippen LogP contribution >= 0.6 is 0 Å². The van der Waals surface area contributed by atoms with Crippen LogP contribution in [0.4, 0.5) is 10.5 Å². The second-order valence-corrected chi connectivity index (χ2v) is 6.44. The number of ether oxygens (including phenoxy) is 1. The highest BCUT2D eigenvalue weighted by Crippen LogP contribution is 2.12. The minimum atomic E-state index is -3.42. The second kappa shape index (κ2) is 7.47. The van der Waals surface area contributed by atoms with Crippen LogP contribution in [0.1, 0.15) is 5.56 Å². The molecule has 0 unspecified atom stereocenters. The van der Waals surface area contributed by atoms with E-state index in [1.165, 1.54) is 6.07 Å². The number of hydrogen-bond donors (Lipinski definition) is 2. The summed E-state index contributed by atoms with van der Waals surface area (Å²) in [7, 11) is -3.42. The molecule has 2 rings (SSSR count). The van der Waals surface area contributed by atoms with Crippen molar-refractivity contribution in [3.63, 3.8) is 0 Å². The lowest BCUT2D eigenvalue weighted by Gasteiger charge is -2.06. The molecule has 3 N–H and O–H groups in total. The van der Waals surface area contributed by atoms with Crippen LogP contribution in [0, 0.1) is 0 Å². The summed E-state index contributed by atoms with van der Waals surface area (Å²) in [5, 5.41) is 3.47. The predicted molar refractivity (Wildman–Crippen MR) is 89.2 cm³/mol. The number of sulfonamides is 1. The molecule has 9 heteroatoms. The van der Waals surface area contributed by atoms with Crippen LogP contribution in [0.15, 0.2) is 59.8 Å². The van der Waals surface area contributed by atoms with Gasteiger partial charge in [-0.25, -0.2) is 13.2 Å². The quantitative estimate of drug-likeness (QED) is 0.212. The van der Waals surface area contributed by atoms with Gasteiger partial charge in [0, 0.05) is 11.3 Å². The smallest absolute Gasteiger partial charge is 0.393 e. The minimum absolute atomic E-state index is 0.114. The van der Waals surface area contributed by atoms with E-state index in [-0.39, 0.29) is 5.84 Å². The maximum Gasteiger partial charge on any atom is 0.540 e. The first-order valence-electron chi connectivity index (χ1n) is 6.69. The lowest BCUT2D eigenvalue weighted by molar-refractivity contribution is 0.102. The molecule has 126 valence electrons. The first kappa shape index (κ1) is 17.3. The molecule has 2 aromatic carbocycles. The Hall–Kier alpha value is -3.07. The molecule has 0 atom stereocenters. The Labute approximate surface area is 138 Å². The van der Waals surface area contributed by atoms with Crippen molar-refractivity contribution in [3.05, 3.63) is 60.2 Å². The van der Waals surface area contributed by atoms with E-state index in [0.717, 1.165) is 6.26 Å². The van der Waals surface area contributed by atoms with E-state index in [2.05, 4.69) is 14.7 Å². The first-order valence-corrected chi connectivity index (χ1v) is 8.58. The van der Waals surface area contributed by atoms with Gasteiger partial charge in [-0.15, -0.1) is 0 Å². The average Bonchev–Trinajstić information content (AvgIpc) is 2.52. The molecule has 0 spiro atoms. The Balaban J connectivity index is 2.02. The topological polar surface area (TPSA) is 120 Å². The highest BCUT2D eigenvalue weighted by atomic mass is 32.2. The monoisotopic (exact) mass is 349 g/mol. The summed E-state index contributed by atoms with van der Waals surface area (Å²) in [4.78, 5) is 16.1. The van der Waals surface area contributed by atoms with Gasteiger partial charge in [0.25, 0.3) is 0 Å². The van der Waals surface area contributed by atoms with Crippen molar-refractivity contribution in [1.29, 1.82) is 0 Å². The Morgan fingerprint density at radius 3 is 2.50 bits per heavy atom. The molecule has 0 amide bonds. The molecule has 0 saturated heterocycles. The number of rotatable bonds is 5. The van der Waals surface area contributed by atoms with Gasteiger partial charge in [0.15, 0.2) is 5.84 Å². The number of carbonyl (C=O) groups excluding carboxylic acids is 1. The highest BCUT2D eigenvalue weighted by Gasteiger charge is 2.08. The van der Waals surface area contributed by atoms with E-state index in [1.807, 2.05) is 0 Å². The number of carbonyl (C=O) groups is 1. The van der Waals surface area contributed by atoms with Gasteiger partial charge < -0.3 is 10.5 Å². The third kappa shape index (κ3) is 5.61. The summed E-state index contributed by atoms with van der Waals surface area (Å²) in [5.41, 5.74) is 6.39. The van der Waals surface area contributed by atoms with Crippen molar-refractivity contribution in [2.45, 2.75) is 0 Å². The van der Waals surface area contributed by atoms with Gasteiger partial charge in [-0.3, -0.25) is 9.56 Å². The summed E-state index contributed by atoms with van der Waals surface area (Å²) in [6.07, 6.45) is -0.0191. The van der Waals surface area contributed by atoms with E-state index < -0.39 is 16.2 Å². The van der Waals surface area contributed by atoms with E-state index >= 15 is 0 Å². The van der Waals surface area contributed by atoms with Crippen LogP contribution < -0.4 is 15.2 Å². The van der Waals surface area contributed by atoms with Crippen LogP contribution in [-0.4, -0.2) is 26.7 Å². The van der Waals surface area contributed by atoms with Crippen LogP contribution in [0.3, 0.4) is 0 Å². The lowest BCUT2D eigenvalue weighted by atomic mass is 10.2. The zero-order valence-electron chi connectivity index (χ0n) is 12.7. The molecule has 8 nitrogen and oxygen atoms in total. The number of amidine groups is 1. The van der Waals surface area contributed by atoms with Crippen LogP contribution in [0.2, 0.25) is 0 Å². The Morgan fingerprint density at radius 2 is 1.83 bits per heavy atom. The number of nitrogens with one attached hydrogen (secondary N) is 1. The number of nitrogens with zero attached hydrogens (tertiary/aromatic N) is 1. The molecule has 0 aliphatic rings. The van der Waals surface area contributed by atoms with Crippen molar-refractivity contribution >= 4 is 27.7 Å². The normalized spacial score (nSPS) is 11.6. The fourth-order valence-electron chi connectivity index (χ4n) is 1.70. The molecule has 2 aromatic rings. The summed E-state index contributed by atoms with van der Waals surface area (Å²) in [6.45, 7) is 0. The van der Waals surface area contributed by atoms with Crippen LogP contribution in [-0.2, 0) is 14.9 Å². The number of oxime groups is 1. The number of nitrogens with two attached hydrogens (primary N) is 1. The van der Waals surface area contributed by atoms with Gasteiger partial charge in [-0.1, -0.05) is 35.5 Å². The van der Waals surface area contributed by atoms with Gasteiger partial charge in [-0.05, 0) is 24.3 Å². The van der Waals surface area contributed by atoms with E-state index in [1.54, 1.807) is 48.5 Å². The maximum absolute atomic E-state index is 11.5. The molecule has 24 heavy (non-hydrogen) atoms. The number of anilines is 1. The third-order valence-electron chi connectivity index (χ3n) is 2.62. The molecular weight excluding hydrogens is 334 g/mol. The van der Waals surface area contributed by atoms with Crippen molar-refractivity contribution in [2.24, 2.45) is 10.9 Å². The Kier molecular flexibility index (Phi) is 5.38. The lowest BCUT2D eigenvalue weighted by Crippen LogP contribution is -2.17. The summed E-state index contributed by atoms with van der Waals surface area (Å²) in [5.74, 6) is 0.188. The van der Waals surface area contributed by atoms with Gasteiger partial charge in [0.05, 0.1) is 6.26 Å². The SMILES string of the molecule is CS(=O)(=O)Nc1cccc(/C(N)=N/OC(=O)Oc2ccccc2)c1. The fourth-order valence-corrected chi connectivity index (χ4v) is 2.25. The zero-order chi connectivity index (χ0) is 17.6. The molecule has 0 aliphatic heterocycles. The molecule has 0 radical (unpaired) electrons. The predicted octanol–water partition coefficient (Wildman–Crippen LogP) is 1.89. The molecule has 0 aromatic heterocycles. The van der Waals surface area contributed by atoms with Crippen molar-refractivity contribution < 1.29 is 22.8 Å². The summed E-state index contributed by atoms with van der Waals surface area (Å²) in [6, 6.07) is 14.5. The fraction of sp³-hybridized carbons (Fsp3) is 0.0667. The molecule has 0 fully saturated rings. The molecule has 0 bridgehead atoms. The van der Waals surface area contributed by atoms with Gasteiger partial charge in [0.2, 0.25) is 10.0 Å². The average molecular weight is 349 g/mol. The van der Waals surface area contributed by atoms with E-state index in [0.29, 0.717) is 17.0 Å².